The molecule has 0 aliphatic heterocycles. The van der Waals surface area contributed by atoms with E-state index in [2.05, 4.69) is 6.58 Å². The lowest BCUT2D eigenvalue weighted by Crippen LogP contribution is -2.27. The summed E-state index contributed by atoms with van der Waals surface area (Å²) in [4.78, 5) is 16.1. The van der Waals surface area contributed by atoms with Crippen LogP contribution in [0.4, 0.5) is 0 Å². The third-order valence-corrected chi connectivity index (χ3v) is 1.63. The van der Waals surface area contributed by atoms with Crippen LogP contribution in [-0.4, -0.2) is 30.0 Å². The molecule has 0 spiro atoms. The molecule has 0 aromatic carbocycles. The van der Waals surface area contributed by atoms with Crippen molar-refractivity contribution in [2.75, 3.05) is 19.0 Å². The molecule has 0 saturated heterocycles. The summed E-state index contributed by atoms with van der Waals surface area (Å²) >= 11 is 5.00. The Hall–Kier alpha value is -0.540. The fourth-order valence-corrected chi connectivity index (χ4v) is 0.679. The van der Waals surface area contributed by atoms with Gasteiger partial charge in [0.05, 0.1) is 0 Å². The molecule has 0 aliphatic carbocycles. The van der Waals surface area contributed by atoms with E-state index in [4.69, 9.17) is 16.4 Å². The maximum Gasteiger partial charge on any atom is 0.352 e. The topological polar surface area (TPSA) is 29.5 Å². The average Bonchev–Trinajstić information content (AvgIpc) is 2.25. The third-order valence-electron chi connectivity index (χ3n) is 1.63. The fourth-order valence-electron chi connectivity index (χ4n) is 0.679. The summed E-state index contributed by atoms with van der Waals surface area (Å²) in [6.45, 7) is 12.7. The first-order chi connectivity index (χ1) is 7.06. The molecule has 3 nitrogen and oxygen atoms in total. The van der Waals surface area contributed by atoms with Gasteiger partial charge in [0, 0.05) is 24.5 Å². The van der Waals surface area contributed by atoms with Gasteiger partial charge in [-0.15, -0.1) is 16.7 Å². The van der Waals surface area contributed by atoms with E-state index in [1.165, 1.54) is 0 Å². The van der Waals surface area contributed by atoms with Gasteiger partial charge in [0.15, 0.2) is 0 Å². The van der Waals surface area contributed by atoms with Crippen LogP contribution in [0.25, 0.3) is 0 Å². The minimum atomic E-state index is -0.318. The molecule has 4 heteroatoms. The molecule has 0 aliphatic rings. The van der Waals surface area contributed by atoms with E-state index in [-0.39, 0.29) is 5.97 Å². The minimum Gasteiger partial charge on any atom is -0.364 e. The standard InChI is InChI=1S/C9H17NO2.C2H5Cl/c1-5-8(4)9(11)12-10(6-2)7-3;1-2-3/h4-7H2,1-3H3;2H2,1H3. The number of hydrogen-bond acceptors (Lipinski definition) is 3. The summed E-state index contributed by atoms with van der Waals surface area (Å²) < 4.78 is 0. The van der Waals surface area contributed by atoms with Crippen LogP contribution in [0.5, 0.6) is 0 Å². The Morgan fingerprint density at radius 2 is 1.67 bits per heavy atom. The van der Waals surface area contributed by atoms with Gasteiger partial charge in [-0.3, -0.25) is 0 Å². The normalized spacial score (nSPS) is 9.20. The Bertz CT molecular complexity index is 179. The smallest absolute Gasteiger partial charge is 0.352 e. The number of halogens is 1. The van der Waals surface area contributed by atoms with Crippen LogP contribution >= 0.6 is 11.6 Å². The molecule has 0 atom stereocenters. The molecule has 0 bridgehead atoms. The van der Waals surface area contributed by atoms with Crippen LogP contribution in [0, 0.1) is 0 Å². The van der Waals surface area contributed by atoms with Crippen molar-refractivity contribution >= 4 is 17.6 Å². The van der Waals surface area contributed by atoms with E-state index >= 15 is 0 Å². The zero-order chi connectivity index (χ0) is 12.3. The van der Waals surface area contributed by atoms with Gasteiger partial charge in [-0.25, -0.2) is 4.79 Å². The molecule has 0 aromatic rings. The summed E-state index contributed by atoms with van der Waals surface area (Å²) in [6.07, 6.45) is 0.639. The van der Waals surface area contributed by atoms with Crippen LogP contribution in [0.3, 0.4) is 0 Å². The third kappa shape index (κ3) is 9.76. The SMILES string of the molecule is C=C(CC)C(=O)ON(CC)CC.CCCl. The van der Waals surface area contributed by atoms with E-state index in [0.29, 0.717) is 25.1 Å². The second-order valence-corrected chi connectivity index (χ2v) is 3.25. The predicted molar refractivity (Wildman–Crippen MR) is 64.8 cm³/mol. The number of carbonyl (C=O) groups is 1. The van der Waals surface area contributed by atoms with Crippen LogP contribution < -0.4 is 0 Å². The molecule has 90 valence electrons. The lowest BCUT2D eigenvalue weighted by Gasteiger charge is -2.17. The van der Waals surface area contributed by atoms with Crippen LogP contribution in [-0.2, 0) is 9.63 Å². The van der Waals surface area contributed by atoms with Crippen LogP contribution in [0.15, 0.2) is 12.2 Å². The van der Waals surface area contributed by atoms with Gasteiger partial charge >= 0.3 is 5.97 Å². The summed E-state index contributed by atoms with van der Waals surface area (Å²) in [5.74, 6) is 0.404. The molecule has 0 unspecified atom stereocenters. The predicted octanol–water partition coefficient (Wildman–Crippen LogP) is 3.00. The Kier molecular flexibility index (Phi) is 13.0. The first-order valence-corrected chi connectivity index (χ1v) is 5.81. The lowest BCUT2D eigenvalue weighted by atomic mass is 10.2. The molecule has 0 N–H and O–H groups in total. The maximum atomic E-state index is 11.1. The highest BCUT2D eigenvalue weighted by molar-refractivity contribution is 6.17. The number of rotatable bonds is 5. The van der Waals surface area contributed by atoms with Crippen molar-refractivity contribution < 1.29 is 9.63 Å². The van der Waals surface area contributed by atoms with Crippen molar-refractivity contribution in [3.8, 4) is 0 Å². The van der Waals surface area contributed by atoms with Gasteiger partial charge in [0.25, 0.3) is 0 Å². The van der Waals surface area contributed by atoms with E-state index in [0.717, 1.165) is 5.88 Å². The molecule has 15 heavy (non-hydrogen) atoms. The summed E-state index contributed by atoms with van der Waals surface area (Å²) in [6, 6.07) is 0. The largest absolute Gasteiger partial charge is 0.364 e. The Labute approximate surface area is 98.0 Å². The zero-order valence-electron chi connectivity index (χ0n) is 10.2. The molecule has 0 aromatic heterocycles. The van der Waals surface area contributed by atoms with Gasteiger partial charge in [-0.2, -0.15) is 0 Å². The Balaban J connectivity index is 0. The second-order valence-electron chi connectivity index (χ2n) is 2.72. The number of carbonyl (C=O) groups excluding carboxylic acids is 1. The first kappa shape index (κ1) is 16.9. The van der Waals surface area contributed by atoms with E-state index in [1.54, 1.807) is 5.06 Å². The molecule has 0 rings (SSSR count). The minimum absolute atomic E-state index is 0.318. The Morgan fingerprint density at radius 3 is 1.93 bits per heavy atom. The molecule has 0 heterocycles. The quantitative estimate of drug-likeness (QED) is 0.417. The highest BCUT2D eigenvalue weighted by Gasteiger charge is 2.09. The van der Waals surface area contributed by atoms with Gasteiger partial charge in [-0.1, -0.05) is 20.4 Å². The van der Waals surface area contributed by atoms with Crippen molar-refractivity contribution in [3.63, 3.8) is 0 Å². The van der Waals surface area contributed by atoms with Crippen LogP contribution in [0.1, 0.15) is 34.1 Å². The number of nitrogens with zero attached hydrogens (tertiary/aromatic N) is 1. The summed E-state index contributed by atoms with van der Waals surface area (Å²) in [5.41, 5.74) is 0.516. The Morgan fingerprint density at radius 1 is 1.27 bits per heavy atom. The first-order valence-electron chi connectivity index (χ1n) is 5.28. The molecule has 0 radical (unpaired) electrons. The highest BCUT2D eigenvalue weighted by Crippen LogP contribution is 2.01. The van der Waals surface area contributed by atoms with E-state index < -0.39 is 0 Å². The zero-order valence-corrected chi connectivity index (χ0v) is 10.9. The molecule has 0 amide bonds. The lowest BCUT2D eigenvalue weighted by molar-refractivity contribution is -0.183. The van der Waals surface area contributed by atoms with E-state index in [1.807, 2.05) is 27.7 Å². The highest BCUT2D eigenvalue weighted by atomic mass is 35.5. The van der Waals surface area contributed by atoms with Crippen molar-refractivity contribution in [2.45, 2.75) is 34.1 Å². The van der Waals surface area contributed by atoms with Crippen LogP contribution in [0.2, 0.25) is 0 Å². The maximum absolute atomic E-state index is 11.1. The summed E-state index contributed by atoms with van der Waals surface area (Å²) in [7, 11) is 0. The molecular formula is C11H22ClNO2. The van der Waals surface area contributed by atoms with Gasteiger partial charge in [0.2, 0.25) is 0 Å². The van der Waals surface area contributed by atoms with Crippen molar-refractivity contribution in [1.29, 1.82) is 0 Å². The average molecular weight is 236 g/mol. The molecule has 0 fully saturated rings. The van der Waals surface area contributed by atoms with Crippen molar-refractivity contribution in [2.24, 2.45) is 0 Å². The number of hydrogen-bond donors (Lipinski definition) is 0. The van der Waals surface area contributed by atoms with Gasteiger partial charge in [0.1, 0.15) is 0 Å². The monoisotopic (exact) mass is 235 g/mol. The second kappa shape index (κ2) is 11.5. The van der Waals surface area contributed by atoms with Crippen molar-refractivity contribution in [1.82, 2.24) is 5.06 Å². The number of hydroxylamine groups is 2. The fraction of sp³-hybridized carbons (Fsp3) is 0.727. The van der Waals surface area contributed by atoms with E-state index in [9.17, 15) is 4.79 Å². The summed E-state index contributed by atoms with van der Waals surface area (Å²) in [5, 5.41) is 1.60. The number of alkyl halides is 1. The van der Waals surface area contributed by atoms with Crippen molar-refractivity contribution in [3.05, 3.63) is 12.2 Å². The van der Waals surface area contributed by atoms with Gasteiger partial charge in [-0.05, 0) is 20.3 Å². The molecule has 0 saturated carbocycles. The molecular weight excluding hydrogens is 214 g/mol. The van der Waals surface area contributed by atoms with Gasteiger partial charge < -0.3 is 4.84 Å².